The van der Waals surface area contributed by atoms with Crippen molar-refractivity contribution in [1.82, 2.24) is 19.4 Å². The van der Waals surface area contributed by atoms with E-state index in [0.29, 0.717) is 24.9 Å². The summed E-state index contributed by atoms with van der Waals surface area (Å²) >= 11 is 0. The lowest BCUT2D eigenvalue weighted by Crippen LogP contribution is -2.39. The first kappa shape index (κ1) is 32.8. The maximum absolute atomic E-state index is 6.27. The number of anilines is 2. The molecule has 46 heavy (non-hydrogen) atoms. The molecule has 8 nitrogen and oxygen atoms in total. The maximum atomic E-state index is 6.27. The first-order chi connectivity index (χ1) is 22.3. The van der Waals surface area contributed by atoms with Gasteiger partial charge in [0.05, 0.1) is 29.9 Å². The molecular formula is C37H43N6O2P. The predicted molar refractivity (Wildman–Crippen MR) is 192 cm³/mol. The van der Waals surface area contributed by atoms with E-state index in [-0.39, 0.29) is 6.10 Å². The van der Waals surface area contributed by atoms with Crippen molar-refractivity contribution in [2.75, 3.05) is 30.3 Å². The number of allylic oxidation sites excluding steroid dienone is 1. The quantitative estimate of drug-likeness (QED) is 0.122. The predicted octanol–water partition coefficient (Wildman–Crippen LogP) is 6.47. The van der Waals surface area contributed by atoms with Crippen LogP contribution >= 0.6 is 9.24 Å². The van der Waals surface area contributed by atoms with E-state index in [0.717, 1.165) is 89.4 Å². The largest absolute Gasteiger partial charge is 0.474 e. The van der Waals surface area contributed by atoms with Crippen LogP contribution in [-0.4, -0.2) is 45.2 Å². The number of ether oxygens (including phenoxy) is 2. The number of hydrogen-bond donors (Lipinski definition) is 2. The number of benzene rings is 2. The standard InChI is InChI=1S/C37H43N6O2P/c1-6-28-11-12-30(35(46)19-28)24-44-36-9-8-10-37(41-36)45-32-15-17-42(18-16-32)23-27(5)40-33-14-13-29(26(3)4)20-34(33)39-22-31-21-38-25-43(31)7-2/h1,8-14,19-21,25,32,39-40H,3,5,7,15-18,22-24,46H2,2,4H3. The van der Waals surface area contributed by atoms with Crippen LogP contribution in [0.1, 0.15) is 49.1 Å². The summed E-state index contributed by atoms with van der Waals surface area (Å²) in [6, 6.07) is 17.8. The van der Waals surface area contributed by atoms with Crippen LogP contribution in [0.3, 0.4) is 0 Å². The Labute approximate surface area is 275 Å². The van der Waals surface area contributed by atoms with Gasteiger partial charge in [0.25, 0.3) is 0 Å². The van der Waals surface area contributed by atoms with Gasteiger partial charge in [-0.3, -0.25) is 4.90 Å². The monoisotopic (exact) mass is 634 g/mol. The summed E-state index contributed by atoms with van der Waals surface area (Å²) in [5.74, 6) is 3.76. The Bertz CT molecular complexity index is 1720. The van der Waals surface area contributed by atoms with E-state index in [1.165, 1.54) is 0 Å². The Kier molecular flexibility index (Phi) is 11.1. The molecule has 1 aliphatic rings. The first-order valence-electron chi connectivity index (χ1n) is 15.6. The lowest BCUT2D eigenvalue weighted by molar-refractivity contribution is 0.101. The maximum Gasteiger partial charge on any atom is 0.216 e. The molecule has 1 fully saturated rings. The average Bonchev–Trinajstić information content (AvgIpc) is 3.52. The first-order valence-corrected chi connectivity index (χ1v) is 16.2. The molecule has 0 aliphatic carbocycles. The van der Waals surface area contributed by atoms with Crippen LogP contribution in [0.4, 0.5) is 11.4 Å². The van der Waals surface area contributed by atoms with Gasteiger partial charge in [-0.1, -0.05) is 42.9 Å². The van der Waals surface area contributed by atoms with Crippen LogP contribution < -0.4 is 25.4 Å². The highest BCUT2D eigenvalue weighted by Gasteiger charge is 2.22. The molecule has 9 heteroatoms. The number of nitrogens with zero attached hydrogens (tertiary/aromatic N) is 4. The summed E-state index contributed by atoms with van der Waals surface area (Å²) in [5.41, 5.74) is 8.07. The van der Waals surface area contributed by atoms with E-state index in [2.05, 4.69) is 83.5 Å². The molecule has 238 valence electrons. The molecule has 4 aromatic rings. The second-order valence-corrected chi connectivity index (χ2v) is 12.2. The van der Waals surface area contributed by atoms with Gasteiger partial charge in [0.15, 0.2) is 0 Å². The fourth-order valence-electron chi connectivity index (χ4n) is 5.40. The van der Waals surface area contributed by atoms with Crippen LogP contribution in [0.15, 0.2) is 86.0 Å². The molecule has 1 atom stereocenters. The number of pyridine rings is 1. The normalized spacial score (nSPS) is 13.5. The molecule has 3 heterocycles. The Hall–Kier alpha value is -4.57. The second-order valence-electron chi connectivity index (χ2n) is 11.5. The van der Waals surface area contributed by atoms with Gasteiger partial charge in [0.1, 0.15) is 12.7 Å². The molecule has 2 N–H and O–H groups in total. The van der Waals surface area contributed by atoms with Crippen molar-refractivity contribution >= 4 is 31.5 Å². The Morgan fingerprint density at radius 3 is 2.63 bits per heavy atom. The van der Waals surface area contributed by atoms with Gasteiger partial charge >= 0.3 is 0 Å². The van der Waals surface area contributed by atoms with E-state index < -0.39 is 0 Å². The highest BCUT2D eigenvalue weighted by atomic mass is 31.0. The minimum absolute atomic E-state index is 0.0947. The zero-order valence-electron chi connectivity index (χ0n) is 26.8. The number of hydrogen-bond acceptors (Lipinski definition) is 7. The Balaban J connectivity index is 1.11. The molecule has 0 radical (unpaired) electrons. The third kappa shape index (κ3) is 8.78. The molecule has 1 aliphatic heterocycles. The lowest BCUT2D eigenvalue weighted by atomic mass is 10.1. The fourth-order valence-corrected chi connectivity index (χ4v) is 5.76. The summed E-state index contributed by atoms with van der Waals surface area (Å²) in [7, 11) is 2.71. The highest BCUT2D eigenvalue weighted by molar-refractivity contribution is 7.27. The van der Waals surface area contributed by atoms with E-state index in [1.807, 2.05) is 55.8 Å². The molecule has 1 saturated heterocycles. The van der Waals surface area contributed by atoms with Crippen molar-refractivity contribution < 1.29 is 9.47 Å². The highest BCUT2D eigenvalue weighted by Crippen LogP contribution is 2.28. The molecule has 0 spiro atoms. The van der Waals surface area contributed by atoms with E-state index >= 15 is 0 Å². The molecule has 2 aromatic heterocycles. The topological polar surface area (TPSA) is 76.5 Å². The van der Waals surface area contributed by atoms with Gasteiger partial charge in [-0.25, -0.2) is 4.98 Å². The number of imidazole rings is 1. The number of rotatable bonds is 14. The molecule has 1 unspecified atom stereocenters. The van der Waals surface area contributed by atoms with Crippen molar-refractivity contribution in [3.8, 4) is 24.1 Å². The van der Waals surface area contributed by atoms with E-state index in [4.69, 9.17) is 15.9 Å². The number of piperidine rings is 1. The molecule has 5 rings (SSSR count). The minimum Gasteiger partial charge on any atom is -0.474 e. The van der Waals surface area contributed by atoms with Crippen molar-refractivity contribution in [3.05, 3.63) is 108 Å². The van der Waals surface area contributed by atoms with Crippen LogP contribution in [0.25, 0.3) is 5.57 Å². The zero-order valence-corrected chi connectivity index (χ0v) is 27.9. The number of terminal acetylenes is 1. The van der Waals surface area contributed by atoms with Gasteiger partial charge in [0, 0.05) is 55.8 Å². The Morgan fingerprint density at radius 2 is 1.89 bits per heavy atom. The molecule has 2 aromatic carbocycles. The second kappa shape index (κ2) is 15.6. The summed E-state index contributed by atoms with van der Waals surface area (Å²) in [5, 5.41) is 8.16. The summed E-state index contributed by atoms with van der Waals surface area (Å²) in [6.45, 7) is 17.1. The number of likely N-dealkylation sites (tertiary alicyclic amines) is 1. The fraction of sp³-hybridized carbons (Fsp3) is 0.297. The molecular weight excluding hydrogens is 591 g/mol. The summed E-state index contributed by atoms with van der Waals surface area (Å²) in [6.07, 6.45) is 11.2. The van der Waals surface area contributed by atoms with Crippen LogP contribution in [-0.2, 0) is 19.7 Å². The van der Waals surface area contributed by atoms with E-state index in [1.54, 1.807) is 0 Å². The summed E-state index contributed by atoms with van der Waals surface area (Å²) < 4.78 is 14.4. The van der Waals surface area contributed by atoms with Gasteiger partial charge in [0.2, 0.25) is 11.8 Å². The van der Waals surface area contributed by atoms with Gasteiger partial charge in [-0.05, 0) is 67.4 Å². The third-order valence-electron chi connectivity index (χ3n) is 8.05. The lowest BCUT2D eigenvalue weighted by Gasteiger charge is -2.32. The summed E-state index contributed by atoms with van der Waals surface area (Å²) in [4.78, 5) is 11.3. The van der Waals surface area contributed by atoms with Gasteiger partial charge < -0.3 is 24.7 Å². The van der Waals surface area contributed by atoms with Crippen molar-refractivity contribution in [2.24, 2.45) is 0 Å². The molecule has 0 saturated carbocycles. The van der Waals surface area contributed by atoms with Crippen LogP contribution in [0.2, 0.25) is 0 Å². The Morgan fingerprint density at radius 1 is 1.09 bits per heavy atom. The SMILES string of the molecule is C#Cc1ccc(COc2cccc(OC3CCN(CC(=C)Nc4ccc(C(=C)C)cc4NCc4cncn4CC)CC3)n2)c(P)c1. The smallest absolute Gasteiger partial charge is 0.216 e. The zero-order chi connectivity index (χ0) is 32.5. The van der Waals surface area contributed by atoms with Gasteiger partial charge in [-0.15, -0.1) is 15.7 Å². The van der Waals surface area contributed by atoms with Crippen molar-refractivity contribution in [1.29, 1.82) is 0 Å². The number of aromatic nitrogens is 3. The third-order valence-corrected chi connectivity index (χ3v) is 8.58. The number of nitrogens with one attached hydrogen (secondary N) is 2. The number of aryl methyl sites for hydroxylation is 1. The van der Waals surface area contributed by atoms with Crippen LogP contribution in [0, 0.1) is 12.3 Å². The minimum atomic E-state index is 0.0947. The molecule has 0 amide bonds. The van der Waals surface area contributed by atoms with Gasteiger partial charge in [-0.2, -0.15) is 4.98 Å². The van der Waals surface area contributed by atoms with E-state index in [9.17, 15) is 0 Å². The van der Waals surface area contributed by atoms with Crippen LogP contribution in [0.5, 0.6) is 11.8 Å². The average molecular weight is 635 g/mol. The van der Waals surface area contributed by atoms with Crippen molar-refractivity contribution in [2.45, 2.75) is 52.5 Å². The van der Waals surface area contributed by atoms with Crippen molar-refractivity contribution in [3.63, 3.8) is 0 Å². The molecule has 0 bridgehead atoms.